The van der Waals surface area contributed by atoms with Crippen LogP contribution in [0.5, 0.6) is 0 Å². The fourth-order valence-electron chi connectivity index (χ4n) is 1.91. The van der Waals surface area contributed by atoms with Crippen molar-refractivity contribution in [2.45, 2.75) is 31.8 Å². The third-order valence-electron chi connectivity index (χ3n) is 2.98. The number of rotatable bonds is 1. The summed E-state index contributed by atoms with van der Waals surface area (Å²) in [7, 11) is 0. The van der Waals surface area contributed by atoms with Gasteiger partial charge in [0.2, 0.25) is 0 Å². The van der Waals surface area contributed by atoms with Gasteiger partial charge in [0.1, 0.15) is 0 Å². The molecule has 2 aliphatic heterocycles. The Kier molecular flexibility index (Phi) is 2.10. The average Bonchev–Trinajstić information content (AvgIpc) is 2.02. The second-order valence-electron chi connectivity index (χ2n) is 4.28. The van der Waals surface area contributed by atoms with Crippen LogP contribution in [0.2, 0.25) is 0 Å². The Morgan fingerprint density at radius 1 is 1.50 bits per heavy atom. The SMILES string of the molecule is CC(C)N1COC[C@]2(CCN2)C1. The lowest BCUT2D eigenvalue weighted by molar-refractivity contribution is -0.100. The van der Waals surface area contributed by atoms with E-state index in [0.29, 0.717) is 11.6 Å². The van der Waals surface area contributed by atoms with Gasteiger partial charge in [-0.15, -0.1) is 0 Å². The van der Waals surface area contributed by atoms with Crippen molar-refractivity contribution in [1.29, 1.82) is 0 Å². The molecule has 1 N–H and O–H groups in total. The van der Waals surface area contributed by atoms with Crippen LogP contribution >= 0.6 is 0 Å². The summed E-state index contributed by atoms with van der Waals surface area (Å²) in [6, 6.07) is 0.601. The summed E-state index contributed by atoms with van der Waals surface area (Å²) in [5.74, 6) is 0. The molecule has 0 radical (unpaired) electrons. The molecule has 1 spiro atoms. The van der Waals surface area contributed by atoms with Crippen LogP contribution in [0.3, 0.4) is 0 Å². The monoisotopic (exact) mass is 170 g/mol. The van der Waals surface area contributed by atoms with Crippen molar-refractivity contribution in [3.05, 3.63) is 0 Å². The van der Waals surface area contributed by atoms with Crippen molar-refractivity contribution in [1.82, 2.24) is 10.2 Å². The van der Waals surface area contributed by atoms with Gasteiger partial charge in [-0.25, -0.2) is 0 Å². The molecule has 0 aromatic heterocycles. The Labute approximate surface area is 74.1 Å². The summed E-state index contributed by atoms with van der Waals surface area (Å²) in [5.41, 5.74) is 0.308. The third-order valence-corrected chi connectivity index (χ3v) is 2.98. The lowest BCUT2D eigenvalue weighted by atomic mass is 9.87. The molecule has 12 heavy (non-hydrogen) atoms. The molecule has 0 aliphatic carbocycles. The molecule has 2 aliphatic rings. The van der Waals surface area contributed by atoms with Crippen LogP contribution in [0.1, 0.15) is 20.3 Å². The Balaban J connectivity index is 1.94. The van der Waals surface area contributed by atoms with Crippen LogP contribution in [-0.2, 0) is 4.74 Å². The highest BCUT2D eigenvalue weighted by Gasteiger charge is 2.41. The molecule has 2 fully saturated rings. The first-order chi connectivity index (χ1) is 5.72. The van der Waals surface area contributed by atoms with Crippen molar-refractivity contribution in [3.63, 3.8) is 0 Å². The summed E-state index contributed by atoms with van der Waals surface area (Å²) in [6.45, 7) is 8.47. The van der Waals surface area contributed by atoms with Crippen LogP contribution in [0, 0.1) is 0 Å². The van der Waals surface area contributed by atoms with Gasteiger partial charge in [-0.2, -0.15) is 0 Å². The molecular formula is C9H18N2O. The van der Waals surface area contributed by atoms with Crippen molar-refractivity contribution in [3.8, 4) is 0 Å². The molecule has 70 valence electrons. The van der Waals surface area contributed by atoms with Crippen LogP contribution in [-0.4, -0.2) is 42.9 Å². The molecule has 0 saturated carbocycles. The number of hydrogen-bond acceptors (Lipinski definition) is 3. The predicted molar refractivity (Wildman–Crippen MR) is 48.0 cm³/mol. The second-order valence-corrected chi connectivity index (χ2v) is 4.28. The second kappa shape index (κ2) is 2.98. The van der Waals surface area contributed by atoms with E-state index < -0.39 is 0 Å². The maximum atomic E-state index is 5.56. The quantitative estimate of drug-likeness (QED) is 0.617. The standard InChI is InChI=1S/C9H18N2O/c1-8(2)11-5-9(3-4-10-9)6-12-7-11/h8,10H,3-7H2,1-2H3/t9-/m0/s1. The van der Waals surface area contributed by atoms with Gasteiger partial charge in [-0.05, 0) is 26.8 Å². The van der Waals surface area contributed by atoms with Crippen molar-refractivity contribution in [2.24, 2.45) is 0 Å². The summed E-state index contributed by atoms with van der Waals surface area (Å²) in [6.07, 6.45) is 1.27. The van der Waals surface area contributed by atoms with Gasteiger partial charge >= 0.3 is 0 Å². The van der Waals surface area contributed by atoms with Crippen LogP contribution in [0.25, 0.3) is 0 Å². The molecule has 3 nitrogen and oxygen atoms in total. The van der Waals surface area contributed by atoms with E-state index in [4.69, 9.17) is 4.74 Å². The normalized spacial score (nSPS) is 37.2. The fraction of sp³-hybridized carbons (Fsp3) is 1.00. The van der Waals surface area contributed by atoms with E-state index in [0.717, 1.165) is 26.4 Å². The summed E-state index contributed by atoms with van der Waals surface area (Å²) in [4.78, 5) is 2.38. The average molecular weight is 170 g/mol. The van der Waals surface area contributed by atoms with Crippen LogP contribution in [0.4, 0.5) is 0 Å². The largest absolute Gasteiger partial charge is 0.364 e. The van der Waals surface area contributed by atoms with Gasteiger partial charge in [0.25, 0.3) is 0 Å². The minimum atomic E-state index is 0.308. The molecule has 2 heterocycles. The van der Waals surface area contributed by atoms with E-state index in [1.54, 1.807) is 0 Å². The topological polar surface area (TPSA) is 24.5 Å². The van der Waals surface area contributed by atoms with Crippen molar-refractivity contribution < 1.29 is 4.74 Å². The van der Waals surface area contributed by atoms with Gasteiger partial charge in [0.15, 0.2) is 0 Å². The number of nitrogens with one attached hydrogen (secondary N) is 1. The zero-order valence-corrected chi connectivity index (χ0v) is 7.97. The Morgan fingerprint density at radius 2 is 2.25 bits per heavy atom. The smallest absolute Gasteiger partial charge is 0.0994 e. The maximum Gasteiger partial charge on any atom is 0.0994 e. The van der Waals surface area contributed by atoms with E-state index in [1.807, 2.05) is 0 Å². The molecule has 0 aromatic rings. The zero-order valence-electron chi connectivity index (χ0n) is 7.97. The molecule has 2 saturated heterocycles. The van der Waals surface area contributed by atoms with Gasteiger partial charge in [-0.1, -0.05) is 0 Å². The van der Waals surface area contributed by atoms with Crippen molar-refractivity contribution >= 4 is 0 Å². The Morgan fingerprint density at radius 3 is 2.75 bits per heavy atom. The Bertz CT molecular complexity index is 166. The van der Waals surface area contributed by atoms with E-state index in [1.165, 1.54) is 6.42 Å². The van der Waals surface area contributed by atoms with Gasteiger partial charge < -0.3 is 10.1 Å². The van der Waals surface area contributed by atoms with E-state index in [2.05, 4.69) is 24.1 Å². The minimum absolute atomic E-state index is 0.308. The third kappa shape index (κ3) is 1.37. The molecule has 3 heteroatoms. The lowest BCUT2D eigenvalue weighted by Crippen LogP contribution is -2.68. The van der Waals surface area contributed by atoms with Gasteiger partial charge in [0, 0.05) is 12.6 Å². The van der Waals surface area contributed by atoms with E-state index >= 15 is 0 Å². The molecule has 0 unspecified atom stereocenters. The molecule has 2 rings (SSSR count). The number of nitrogens with zero attached hydrogens (tertiary/aromatic N) is 1. The molecule has 0 amide bonds. The summed E-state index contributed by atoms with van der Waals surface area (Å²) in [5, 5.41) is 3.48. The molecule has 0 bridgehead atoms. The Hall–Kier alpha value is -0.120. The summed E-state index contributed by atoms with van der Waals surface area (Å²) >= 11 is 0. The van der Waals surface area contributed by atoms with Crippen molar-refractivity contribution in [2.75, 3.05) is 26.4 Å². The molecular weight excluding hydrogens is 152 g/mol. The minimum Gasteiger partial charge on any atom is -0.364 e. The maximum absolute atomic E-state index is 5.56. The summed E-state index contributed by atoms with van der Waals surface area (Å²) < 4.78 is 5.56. The van der Waals surface area contributed by atoms with Crippen LogP contribution < -0.4 is 5.32 Å². The zero-order chi connectivity index (χ0) is 8.60. The highest BCUT2D eigenvalue weighted by molar-refractivity contribution is 5.00. The first kappa shape index (κ1) is 8.48. The highest BCUT2D eigenvalue weighted by atomic mass is 16.5. The number of hydrogen-bond donors (Lipinski definition) is 1. The molecule has 0 aromatic carbocycles. The first-order valence-corrected chi connectivity index (χ1v) is 4.79. The fourth-order valence-corrected chi connectivity index (χ4v) is 1.91. The van der Waals surface area contributed by atoms with Gasteiger partial charge in [0.05, 0.1) is 18.9 Å². The van der Waals surface area contributed by atoms with Crippen LogP contribution in [0.15, 0.2) is 0 Å². The first-order valence-electron chi connectivity index (χ1n) is 4.79. The number of ether oxygens (including phenoxy) is 1. The predicted octanol–water partition coefficient (Wildman–Crippen LogP) is 0.417. The molecule has 1 atom stereocenters. The van der Waals surface area contributed by atoms with Gasteiger partial charge in [-0.3, -0.25) is 4.90 Å². The lowest BCUT2D eigenvalue weighted by Gasteiger charge is -2.50. The van der Waals surface area contributed by atoms with E-state index in [-0.39, 0.29) is 0 Å². The van der Waals surface area contributed by atoms with E-state index in [9.17, 15) is 0 Å². The highest BCUT2D eigenvalue weighted by Crippen LogP contribution is 2.25.